The number of aromatic nitrogens is 1. The Morgan fingerprint density at radius 3 is 2.71 bits per heavy atom. The van der Waals surface area contributed by atoms with E-state index in [4.69, 9.17) is 0 Å². The molecule has 0 radical (unpaired) electrons. The van der Waals surface area contributed by atoms with Gasteiger partial charge in [0, 0.05) is 16.5 Å². The van der Waals surface area contributed by atoms with Crippen molar-refractivity contribution in [3.05, 3.63) is 100 Å². The number of hydrogen-bond donors (Lipinski definition) is 3. The fourth-order valence-electron chi connectivity index (χ4n) is 5.05. The second-order valence-electron chi connectivity index (χ2n) is 10.3. The molecule has 1 fully saturated rings. The molecule has 4 heterocycles. The van der Waals surface area contributed by atoms with Crippen molar-refractivity contribution in [2.45, 2.75) is 18.8 Å². The average molecular weight is 569 g/mol. The maximum atomic E-state index is 14.8. The quantitative estimate of drug-likeness (QED) is 0.289. The molecule has 0 aliphatic carbocycles. The number of fused-ring (bicyclic) bond motifs is 1. The number of allylic oxidation sites excluding steroid dienone is 1. The van der Waals surface area contributed by atoms with Crippen molar-refractivity contribution in [3.63, 3.8) is 0 Å². The SMILES string of the molecule is CN1CCC(c2ccc(NC3=CC(c4ccc(F)c(NC(=O)c5cc6ccccc6s5)c4)=NNCC3=O)nc2)CC1. The second kappa shape index (κ2) is 11.6. The third kappa shape index (κ3) is 6.03. The normalized spacial score (nSPS) is 16.5. The summed E-state index contributed by atoms with van der Waals surface area (Å²) in [6.45, 7) is 2.13. The van der Waals surface area contributed by atoms with Crippen LogP contribution < -0.4 is 16.1 Å². The maximum Gasteiger partial charge on any atom is 0.265 e. The Kier molecular flexibility index (Phi) is 7.58. The Morgan fingerprint density at radius 1 is 1.10 bits per heavy atom. The van der Waals surface area contributed by atoms with Gasteiger partial charge in [-0.2, -0.15) is 5.10 Å². The molecule has 2 aromatic heterocycles. The van der Waals surface area contributed by atoms with Crippen LogP contribution in [0.1, 0.15) is 39.6 Å². The smallest absolute Gasteiger partial charge is 0.265 e. The molecule has 0 unspecified atom stereocenters. The fraction of sp³-hybridized carbons (Fsp3) is 0.226. The van der Waals surface area contributed by atoms with Crippen LogP contribution in [0.15, 0.2) is 83.7 Å². The minimum absolute atomic E-state index is 0.00721. The van der Waals surface area contributed by atoms with Crippen molar-refractivity contribution in [1.82, 2.24) is 15.3 Å². The number of benzene rings is 2. The molecule has 0 saturated carbocycles. The van der Waals surface area contributed by atoms with E-state index in [1.54, 1.807) is 18.2 Å². The predicted octanol–water partition coefficient (Wildman–Crippen LogP) is 5.37. The van der Waals surface area contributed by atoms with Crippen LogP contribution in [0.4, 0.5) is 15.9 Å². The first-order valence-corrected chi connectivity index (χ1v) is 14.3. The summed E-state index contributed by atoms with van der Waals surface area (Å²) >= 11 is 1.34. The van der Waals surface area contributed by atoms with Crippen LogP contribution >= 0.6 is 11.3 Å². The van der Waals surface area contributed by atoms with E-state index in [0.29, 0.717) is 33.6 Å². The fourth-order valence-corrected chi connectivity index (χ4v) is 6.01. The number of Topliss-reactive ketones (excluding diaryl/α,β-unsaturated/α-hetero) is 1. The Balaban J connectivity index is 1.20. The summed E-state index contributed by atoms with van der Waals surface area (Å²) in [5.74, 6) is -0.117. The Hall–Kier alpha value is -4.41. The Bertz CT molecular complexity index is 1640. The molecule has 3 N–H and O–H groups in total. The van der Waals surface area contributed by atoms with Crippen LogP contribution in [0.5, 0.6) is 0 Å². The number of amides is 1. The number of hydrogen-bond acceptors (Lipinski definition) is 8. The van der Waals surface area contributed by atoms with E-state index in [-0.39, 0.29) is 18.0 Å². The van der Waals surface area contributed by atoms with Crippen molar-refractivity contribution in [1.29, 1.82) is 0 Å². The van der Waals surface area contributed by atoms with Gasteiger partial charge in [-0.1, -0.05) is 24.3 Å². The first kappa shape index (κ1) is 26.8. The highest BCUT2D eigenvalue weighted by Gasteiger charge is 2.20. The topological polar surface area (TPSA) is 98.7 Å². The van der Waals surface area contributed by atoms with Crippen molar-refractivity contribution < 1.29 is 14.0 Å². The van der Waals surface area contributed by atoms with E-state index in [0.717, 1.165) is 36.0 Å². The third-order valence-electron chi connectivity index (χ3n) is 7.42. The molecule has 2 aliphatic rings. The molecule has 2 aliphatic heterocycles. The van der Waals surface area contributed by atoms with Gasteiger partial charge in [0.05, 0.1) is 28.5 Å². The van der Waals surface area contributed by atoms with Crippen LogP contribution in [0.25, 0.3) is 10.1 Å². The summed E-state index contributed by atoms with van der Waals surface area (Å²) in [6, 6.07) is 17.8. The molecule has 1 amide bonds. The van der Waals surface area contributed by atoms with Gasteiger partial charge in [0.25, 0.3) is 5.91 Å². The van der Waals surface area contributed by atoms with E-state index in [1.165, 1.54) is 29.0 Å². The molecular weight excluding hydrogens is 539 g/mol. The van der Waals surface area contributed by atoms with Gasteiger partial charge >= 0.3 is 0 Å². The zero-order valence-electron chi connectivity index (χ0n) is 22.5. The highest BCUT2D eigenvalue weighted by Crippen LogP contribution is 2.29. The molecule has 2 aromatic carbocycles. The van der Waals surface area contributed by atoms with Gasteiger partial charge in [0.1, 0.15) is 11.6 Å². The zero-order valence-corrected chi connectivity index (χ0v) is 23.3. The van der Waals surface area contributed by atoms with Gasteiger partial charge in [-0.25, -0.2) is 9.37 Å². The summed E-state index contributed by atoms with van der Waals surface area (Å²) in [6.07, 6.45) is 5.69. The summed E-state index contributed by atoms with van der Waals surface area (Å²) in [5, 5.41) is 11.1. The summed E-state index contributed by atoms with van der Waals surface area (Å²) in [7, 11) is 2.14. The number of hydrazone groups is 1. The van der Waals surface area contributed by atoms with Crippen LogP contribution in [0.2, 0.25) is 0 Å². The van der Waals surface area contributed by atoms with Gasteiger partial charge < -0.3 is 21.0 Å². The predicted molar refractivity (Wildman–Crippen MR) is 161 cm³/mol. The number of likely N-dealkylation sites (tertiary alicyclic amines) is 1. The number of nitrogens with zero attached hydrogens (tertiary/aromatic N) is 3. The number of pyridine rings is 1. The summed E-state index contributed by atoms with van der Waals surface area (Å²) in [4.78, 5) is 33.1. The number of anilines is 2. The molecule has 41 heavy (non-hydrogen) atoms. The third-order valence-corrected chi connectivity index (χ3v) is 8.53. The van der Waals surface area contributed by atoms with Crippen molar-refractivity contribution in [2.75, 3.05) is 37.3 Å². The molecular formula is C31H29FN6O2S. The molecule has 208 valence electrons. The number of thiophene rings is 1. The lowest BCUT2D eigenvalue weighted by Gasteiger charge is -2.29. The van der Waals surface area contributed by atoms with E-state index in [2.05, 4.69) is 44.2 Å². The number of piperidine rings is 1. The van der Waals surface area contributed by atoms with Crippen LogP contribution in [0.3, 0.4) is 0 Å². The molecule has 8 nitrogen and oxygen atoms in total. The maximum absolute atomic E-state index is 14.8. The molecule has 0 bridgehead atoms. The van der Waals surface area contributed by atoms with Gasteiger partial charge in [-0.3, -0.25) is 9.59 Å². The zero-order chi connectivity index (χ0) is 28.3. The molecule has 10 heteroatoms. The van der Waals surface area contributed by atoms with E-state index < -0.39 is 11.7 Å². The van der Waals surface area contributed by atoms with Crippen molar-refractivity contribution in [3.8, 4) is 0 Å². The summed E-state index contributed by atoms with van der Waals surface area (Å²) in [5.41, 5.74) is 5.26. The standard InChI is InChI=1S/C31H29FN6O2S/c1-38-12-10-19(11-13-38)22-7-9-30(33-17-22)35-26-16-24(37-34-18-27(26)39)20-6-8-23(32)25(14-20)36-31(40)29-15-21-4-2-3-5-28(21)41-29/h2-9,14-17,19,34H,10-13,18H2,1H3,(H,33,35)(H,36,40). The van der Waals surface area contributed by atoms with Gasteiger partial charge in [-0.05, 0) is 92.3 Å². The van der Waals surface area contributed by atoms with Gasteiger partial charge in [0.2, 0.25) is 0 Å². The first-order valence-electron chi connectivity index (χ1n) is 13.5. The van der Waals surface area contributed by atoms with Crippen LogP contribution in [-0.2, 0) is 4.79 Å². The lowest BCUT2D eigenvalue weighted by molar-refractivity contribution is -0.114. The number of carbonyl (C=O) groups is 2. The van der Waals surface area contributed by atoms with Gasteiger partial charge in [-0.15, -0.1) is 11.3 Å². The highest BCUT2D eigenvalue weighted by molar-refractivity contribution is 7.20. The molecule has 4 aromatic rings. The lowest BCUT2D eigenvalue weighted by Crippen LogP contribution is -2.29. The van der Waals surface area contributed by atoms with Crippen molar-refractivity contribution >= 4 is 50.3 Å². The molecule has 0 atom stereocenters. The minimum Gasteiger partial charge on any atom is -0.337 e. The number of ketones is 1. The summed E-state index contributed by atoms with van der Waals surface area (Å²) < 4.78 is 15.7. The Morgan fingerprint density at radius 2 is 1.93 bits per heavy atom. The van der Waals surface area contributed by atoms with Crippen molar-refractivity contribution in [2.24, 2.45) is 5.10 Å². The average Bonchev–Trinajstić information content (AvgIpc) is 3.34. The molecule has 6 rings (SSSR count). The van der Waals surface area contributed by atoms with E-state index in [9.17, 15) is 14.0 Å². The minimum atomic E-state index is -0.572. The monoisotopic (exact) mass is 568 g/mol. The molecule has 1 saturated heterocycles. The van der Waals surface area contributed by atoms with E-state index in [1.807, 2.05) is 36.5 Å². The number of nitrogens with one attached hydrogen (secondary N) is 3. The Labute approximate surface area is 241 Å². The van der Waals surface area contributed by atoms with E-state index >= 15 is 0 Å². The first-order chi connectivity index (χ1) is 19.9. The highest BCUT2D eigenvalue weighted by atomic mass is 32.1. The number of rotatable bonds is 6. The second-order valence-corrected chi connectivity index (χ2v) is 11.4. The number of halogens is 1. The largest absolute Gasteiger partial charge is 0.337 e. The molecule has 0 spiro atoms. The van der Waals surface area contributed by atoms with Gasteiger partial charge in [0.15, 0.2) is 5.78 Å². The van der Waals surface area contributed by atoms with Crippen LogP contribution in [-0.4, -0.2) is 54.0 Å². The number of carbonyl (C=O) groups excluding carboxylic acids is 2. The van der Waals surface area contributed by atoms with Crippen LogP contribution in [0, 0.1) is 5.82 Å². The lowest BCUT2D eigenvalue weighted by atomic mass is 9.91.